The van der Waals surface area contributed by atoms with Gasteiger partial charge in [0.05, 0.1) is 5.56 Å². The molecule has 140 valence electrons. The molecule has 1 heterocycles. The molecule has 0 saturated heterocycles. The number of benzene rings is 1. The van der Waals surface area contributed by atoms with Crippen LogP contribution in [-0.2, 0) is 6.18 Å². The Hall–Kier alpha value is -2.61. The molecule has 0 aliphatic heterocycles. The molecule has 0 aliphatic rings. The average Bonchev–Trinajstić information content (AvgIpc) is 2.58. The summed E-state index contributed by atoms with van der Waals surface area (Å²) < 4.78 is 38.2. The number of amides is 1. The molecule has 0 fully saturated rings. The molecule has 8 heteroatoms. The summed E-state index contributed by atoms with van der Waals surface area (Å²) in [6.45, 7) is 1.66. The molecule has 1 aromatic heterocycles. The molecule has 2 rings (SSSR count). The Morgan fingerprint density at radius 1 is 1.15 bits per heavy atom. The summed E-state index contributed by atoms with van der Waals surface area (Å²) >= 11 is 0. The Bertz CT molecular complexity index is 747. The van der Waals surface area contributed by atoms with Crippen LogP contribution in [-0.4, -0.2) is 43.0 Å². The molecule has 0 radical (unpaired) electrons. The van der Waals surface area contributed by atoms with Gasteiger partial charge in [0.2, 0.25) is 0 Å². The molecule has 1 amide bonds. The second-order valence-corrected chi connectivity index (χ2v) is 6.05. The topological polar surface area (TPSA) is 57.3 Å². The first kappa shape index (κ1) is 19.7. The van der Waals surface area contributed by atoms with E-state index in [9.17, 15) is 18.0 Å². The molecule has 2 aromatic rings. The minimum atomic E-state index is -4.46. The minimum absolute atomic E-state index is 0.0657. The molecule has 2 N–H and O–H groups in total. The maximum atomic E-state index is 12.7. The molecule has 0 bridgehead atoms. The largest absolute Gasteiger partial charge is 0.416 e. The Morgan fingerprint density at radius 3 is 2.62 bits per heavy atom. The Labute approximate surface area is 150 Å². The van der Waals surface area contributed by atoms with Crippen LogP contribution >= 0.6 is 0 Å². The molecular formula is C18H21F3N4O. The fraction of sp³-hybridized carbons (Fsp3) is 0.333. The fourth-order valence-corrected chi connectivity index (χ4v) is 2.26. The Balaban J connectivity index is 2.00. The van der Waals surface area contributed by atoms with Gasteiger partial charge in [-0.2, -0.15) is 13.2 Å². The van der Waals surface area contributed by atoms with E-state index in [0.717, 1.165) is 37.3 Å². The second kappa shape index (κ2) is 8.66. The van der Waals surface area contributed by atoms with E-state index in [2.05, 4.69) is 20.5 Å². The second-order valence-electron chi connectivity index (χ2n) is 6.05. The van der Waals surface area contributed by atoms with Crippen molar-refractivity contribution < 1.29 is 18.0 Å². The van der Waals surface area contributed by atoms with E-state index in [1.54, 1.807) is 12.1 Å². The standard InChI is InChI=1S/C18H21F3N4O/c1-25(2)10-4-8-22-14-7-9-23-16(12-14)17(26)24-15-6-3-5-13(11-15)18(19,20)21/h3,5-7,9,11-12H,4,8,10H2,1-2H3,(H,22,23)(H,24,26). The van der Waals surface area contributed by atoms with Gasteiger partial charge in [-0.05, 0) is 57.4 Å². The van der Waals surface area contributed by atoms with Crippen molar-refractivity contribution in [1.82, 2.24) is 9.88 Å². The van der Waals surface area contributed by atoms with Crippen molar-refractivity contribution in [1.29, 1.82) is 0 Å². The van der Waals surface area contributed by atoms with Crippen LogP contribution in [0, 0.1) is 0 Å². The zero-order chi connectivity index (χ0) is 19.2. The highest BCUT2D eigenvalue weighted by Gasteiger charge is 2.30. The summed E-state index contributed by atoms with van der Waals surface area (Å²) in [5.41, 5.74) is 0.100. The Kier molecular flexibility index (Phi) is 6.57. The summed E-state index contributed by atoms with van der Waals surface area (Å²) in [5.74, 6) is -0.568. The average molecular weight is 366 g/mol. The first-order chi connectivity index (χ1) is 12.3. The number of carbonyl (C=O) groups is 1. The van der Waals surface area contributed by atoms with E-state index in [-0.39, 0.29) is 11.4 Å². The molecule has 1 aromatic carbocycles. The maximum absolute atomic E-state index is 12.7. The summed E-state index contributed by atoms with van der Waals surface area (Å²) in [6.07, 6.45) is -2.05. The predicted molar refractivity (Wildman–Crippen MR) is 95.3 cm³/mol. The third-order valence-electron chi connectivity index (χ3n) is 3.55. The van der Waals surface area contributed by atoms with E-state index in [1.165, 1.54) is 18.3 Å². The molecule has 0 aliphatic carbocycles. The normalized spacial score (nSPS) is 11.5. The van der Waals surface area contributed by atoms with Crippen LogP contribution in [0.4, 0.5) is 24.5 Å². The van der Waals surface area contributed by atoms with Crippen molar-refractivity contribution in [2.75, 3.05) is 37.8 Å². The van der Waals surface area contributed by atoms with Crippen molar-refractivity contribution in [3.63, 3.8) is 0 Å². The molecule has 0 unspecified atom stereocenters. The van der Waals surface area contributed by atoms with Crippen LogP contribution in [0.1, 0.15) is 22.5 Å². The Morgan fingerprint density at radius 2 is 1.92 bits per heavy atom. The van der Waals surface area contributed by atoms with E-state index in [4.69, 9.17) is 0 Å². The van der Waals surface area contributed by atoms with Gasteiger partial charge in [0.1, 0.15) is 5.69 Å². The fourth-order valence-electron chi connectivity index (χ4n) is 2.26. The molecular weight excluding hydrogens is 345 g/mol. The maximum Gasteiger partial charge on any atom is 0.416 e. The van der Waals surface area contributed by atoms with Gasteiger partial charge >= 0.3 is 6.18 Å². The van der Waals surface area contributed by atoms with Crippen molar-refractivity contribution in [3.05, 3.63) is 53.9 Å². The van der Waals surface area contributed by atoms with Crippen molar-refractivity contribution in [3.8, 4) is 0 Å². The van der Waals surface area contributed by atoms with Crippen LogP contribution in [0.15, 0.2) is 42.6 Å². The lowest BCUT2D eigenvalue weighted by molar-refractivity contribution is -0.137. The number of rotatable bonds is 7. The highest BCUT2D eigenvalue weighted by atomic mass is 19.4. The summed E-state index contributed by atoms with van der Waals surface area (Å²) in [7, 11) is 3.98. The SMILES string of the molecule is CN(C)CCCNc1ccnc(C(=O)Nc2cccc(C(F)(F)F)c2)c1. The smallest absolute Gasteiger partial charge is 0.385 e. The third-order valence-corrected chi connectivity index (χ3v) is 3.55. The van der Waals surface area contributed by atoms with Gasteiger partial charge in [-0.25, -0.2) is 0 Å². The van der Waals surface area contributed by atoms with Gasteiger partial charge in [-0.1, -0.05) is 6.07 Å². The summed E-state index contributed by atoms with van der Waals surface area (Å²) in [5, 5.41) is 5.64. The molecule has 0 saturated carbocycles. The molecule has 26 heavy (non-hydrogen) atoms. The lowest BCUT2D eigenvalue weighted by atomic mass is 10.2. The van der Waals surface area contributed by atoms with Gasteiger partial charge in [-0.15, -0.1) is 0 Å². The quantitative estimate of drug-likeness (QED) is 0.734. The summed E-state index contributed by atoms with van der Waals surface area (Å²) in [4.78, 5) is 18.3. The number of anilines is 2. The van der Waals surface area contributed by atoms with Gasteiger partial charge in [-0.3, -0.25) is 9.78 Å². The first-order valence-corrected chi connectivity index (χ1v) is 8.09. The van der Waals surface area contributed by atoms with E-state index >= 15 is 0 Å². The molecule has 5 nitrogen and oxygen atoms in total. The zero-order valence-electron chi connectivity index (χ0n) is 14.6. The number of hydrogen-bond acceptors (Lipinski definition) is 4. The van der Waals surface area contributed by atoms with Crippen LogP contribution in [0.2, 0.25) is 0 Å². The first-order valence-electron chi connectivity index (χ1n) is 8.09. The van der Waals surface area contributed by atoms with Crippen LogP contribution in [0.3, 0.4) is 0 Å². The zero-order valence-corrected chi connectivity index (χ0v) is 14.6. The number of carbonyl (C=O) groups excluding carboxylic acids is 1. The van der Waals surface area contributed by atoms with Crippen molar-refractivity contribution >= 4 is 17.3 Å². The van der Waals surface area contributed by atoms with E-state index < -0.39 is 17.6 Å². The van der Waals surface area contributed by atoms with Crippen LogP contribution in [0.5, 0.6) is 0 Å². The lowest BCUT2D eigenvalue weighted by Crippen LogP contribution is -2.17. The number of hydrogen-bond donors (Lipinski definition) is 2. The van der Waals surface area contributed by atoms with Gasteiger partial charge in [0.25, 0.3) is 5.91 Å². The molecule has 0 atom stereocenters. The monoisotopic (exact) mass is 366 g/mol. The number of pyridine rings is 1. The van der Waals surface area contributed by atoms with Crippen molar-refractivity contribution in [2.24, 2.45) is 0 Å². The van der Waals surface area contributed by atoms with E-state index in [1.807, 2.05) is 14.1 Å². The highest BCUT2D eigenvalue weighted by Crippen LogP contribution is 2.30. The molecule has 0 spiro atoms. The lowest BCUT2D eigenvalue weighted by Gasteiger charge is -2.12. The van der Waals surface area contributed by atoms with E-state index in [0.29, 0.717) is 0 Å². The van der Waals surface area contributed by atoms with Crippen molar-refractivity contribution in [2.45, 2.75) is 12.6 Å². The van der Waals surface area contributed by atoms with Crippen LogP contribution in [0.25, 0.3) is 0 Å². The third kappa shape index (κ3) is 6.03. The minimum Gasteiger partial charge on any atom is -0.385 e. The number of nitrogens with one attached hydrogen (secondary N) is 2. The number of alkyl halides is 3. The number of halogens is 3. The van der Waals surface area contributed by atoms with Crippen LogP contribution < -0.4 is 10.6 Å². The van der Waals surface area contributed by atoms with Gasteiger partial charge < -0.3 is 15.5 Å². The number of nitrogens with zero attached hydrogens (tertiary/aromatic N) is 2. The van der Waals surface area contributed by atoms with Gasteiger partial charge in [0, 0.05) is 24.1 Å². The predicted octanol–water partition coefficient (Wildman–Crippen LogP) is 3.72. The summed E-state index contributed by atoms with van der Waals surface area (Å²) in [6, 6.07) is 7.79. The number of aromatic nitrogens is 1. The van der Waals surface area contributed by atoms with Gasteiger partial charge in [0.15, 0.2) is 0 Å². The highest BCUT2D eigenvalue weighted by molar-refractivity contribution is 6.03.